The lowest BCUT2D eigenvalue weighted by molar-refractivity contribution is -0.386. The minimum Gasteiger partial charge on any atom is -0.479 e. The number of rotatable bonds is 6. The van der Waals surface area contributed by atoms with E-state index in [2.05, 4.69) is 10.1 Å². The van der Waals surface area contributed by atoms with Gasteiger partial charge in [-0.05, 0) is 19.1 Å². The predicted octanol–water partition coefficient (Wildman–Crippen LogP) is 1.60. The van der Waals surface area contributed by atoms with Crippen molar-refractivity contribution in [1.82, 2.24) is 14.8 Å². The highest BCUT2D eigenvalue weighted by Crippen LogP contribution is 2.28. The fourth-order valence-corrected chi connectivity index (χ4v) is 1.68. The van der Waals surface area contributed by atoms with E-state index >= 15 is 0 Å². The third kappa shape index (κ3) is 2.79. The fourth-order valence-electron chi connectivity index (χ4n) is 1.68. The molecule has 1 aromatic carbocycles. The van der Waals surface area contributed by atoms with Crippen LogP contribution in [0.1, 0.15) is 23.1 Å². The van der Waals surface area contributed by atoms with E-state index in [9.17, 15) is 14.9 Å². The van der Waals surface area contributed by atoms with Gasteiger partial charge in [0.1, 0.15) is 19.2 Å². The first-order valence-electron chi connectivity index (χ1n) is 5.88. The van der Waals surface area contributed by atoms with Crippen molar-refractivity contribution in [3.05, 3.63) is 46.0 Å². The Morgan fingerprint density at radius 3 is 2.95 bits per heavy atom. The van der Waals surface area contributed by atoms with Crippen LogP contribution < -0.4 is 4.74 Å². The lowest BCUT2D eigenvalue weighted by atomic mass is 10.2. The molecule has 0 unspecified atom stereocenters. The maximum atomic E-state index is 11.0. The van der Waals surface area contributed by atoms with Gasteiger partial charge in [0.15, 0.2) is 11.6 Å². The maximum Gasteiger partial charge on any atom is 0.311 e. The van der Waals surface area contributed by atoms with E-state index in [0.717, 1.165) is 0 Å². The molecule has 0 atom stereocenters. The topological polar surface area (TPSA) is 100 Å². The highest BCUT2D eigenvalue weighted by Gasteiger charge is 2.16. The molecule has 0 aliphatic carbocycles. The molecule has 2 rings (SSSR count). The van der Waals surface area contributed by atoms with Gasteiger partial charge in [-0.3, -0.25) is 14.9 Å². The second kappa shape index (κ2) is 5.91. The Hall–Kier alpha value is -2.77. The molecule has 20 heavy (non-hydrogen) atoms. The number of aldehydes is 1. The van der Waals surface area contributed by atoms with Crippen LogP contribution in [0.3, 0.4) is 0 Å². The van der Waals surface area contributed by atoms with Gasteiger partial charge in [-0.15, -0.1) is 0 Å². The van der Waals surface area contributed by atoms with Gasteiger partial charge in [0.2, 0.25) is 0 Å². The number of nitrogens with zero attached hydrogens (tertiary/aromatic N) is 4. The molecule has 1 heterocycles. The Morgan fingerprint density at radius 1 is 1.50 bits per heavy atom. The molecule has 104 valence electrons. The Balaban J connectivity index is 2.21. The monoisotopic (exact) mass is 276 g/mol. The number of aryl methyl sites for hydroxylation is 1. The van der Waals surface area contributed by atoms with Gasteiger partial charge in [-0.1, -0.05) is 0 Å². The van der Waals surface area contributed by atoms with E-state index in [-0.39, 0.29) is 23.6 Å². The van der Waals surface area contributed by atoms with E-state index in [0.29, 0.717) is 18.7 Å². The molecule has 0 aliphatic rings. The summed E-state index contributed by atoms with van der Waals surface area (Å²) >= 11 is 0. The molecule has 0 N–H and O–H groups in total. The van der Waals surface area contributed by atoms with Crippen LogP contribution >= 0.6 is 0 Å². The highest BCUT2D eigenvalue weighted by molar-refractivity contribution is 5.77. The van der Waals surface area contributed by atoms with Crippen LogP contribution in [0.25, 0.3) is 0 Å². The molecular weight excluding hydrogens is 264 g/mol. The van der Waals surface area contributed by atoms with Crippen molar-refractivity contribution in [3.63, 3.8) is 0 Å². The number of benzene rings is 1. The maximum absolute atomic E-state index is 11.0. The van der Waals surface area contributed by atoms with E-state index < -0.39 is 4.92 Å². The third-order valence-electron chi connectivity index (χ3n) is 2.67. The zero-order chi connectivity index (χ0) is 14.5. The van der Waals surface area contributed by atoms with E-state index in [1.54, 1.807) is 4.68 Å². The smallest absolute Gasteiger partial charge is 0.311 e. The molecule has 0 fully saturated rings. The summed E-state index contributed by atoms with van der Waals surface area (Å²) in [5.41, 5.74) is -0.0297. The fraction of sp³-hybridized carbons (Fsp3) is 0.250. The van der Waals surface area contributed by atoms with Crippen LogP contribution in [0, 0.1) is 10.1 Å². The Morgan fingerprint density at radius 2 is 2.30 bits per heavy atom. The zero-order valence-corrected chi connectivity index (χ0v) is 10.7. The zero-order valence-electron chi connectivity index (χ0n) is 10.7. The number of carbonyl (C=O) groups excluding carboxylic acids is 1. The Labute approximate surface area is 114 Å². The van der Waals surface area contributed by atoms with Crippen molar-refractivity contribution in [2.45, 2.75) is 20.1 Å². The molecule has 0 saturated heterocycles. The van der Waals surface area contributed by atoms with Crippen LogP contribution in [0.15, 0.2) is 24.5 Å². The summed E-state index contributed by atoms with van der Waals surface area (Å²) in [6.45, 7) is 2.60. The van der Waals surface area contributed by atoms with Crippen LogP contribution in [-0.4, -0.2) is 26.0 Å². The van der Waals surface area contributed by atoms with Crippen LogP contribution in [0.5, 0.6) is 5.75 Å². The minimum absolute atomic E-state index is 0.0646. The van der Waals surface area contributed by atoms with Crippen molar-refractivity contribution in [2.24, 2.45) is 0 Å². The Kier molecular flexibility index (Phi) is 4.04. The third-order valence-corrected chi connectivity index (χ3v) is 2.67. The lowest BCUT2D eigenvalue weighted by Gasteiger charge is -2.07. The summed E-state index contributed by atoms with van der Waals surface area (Å²) in [7, 11) is 0. The highest BCUT2D eigenvalue weighted by atomic mass is 16.6. The first kappa shape index (κ1) is 13.7. The van der Waals surface area contributed by atoms with Crippen molar-refractivity contribution >= 4 is 12.0 Å². The summed E-state index contributed by atoms with van der Waals surface area (Å²) in [6.07, 6.45) is 1.94. The van der Waals surface area contributed by atoms with Crippen molar-refractivity contribution in [3.8, 4) is 5.75 Å². The van der Waals surface area contributed by atoms with Gasteiger partial charge in [0, 0.05) is 18.2 Å². The lowest BCUT2D eigenvalue weighted by Crippen LogP contribution is -2.08. The molecule has 0 radical (unpaired) electrons. The molecule has 0 spiro atoms. The summed E-state index contributed by atoms with van der Waals surface area (Å²) in [4.78, 5) is 25.0. The molecule has 8 nitrogen and oxygen atoms in total. The van der Waals surface area contributed by atoms with Gasteiger partial charge in [0.25, 0.3) is 0 Å². The van der Waals surface area contributed by atoms with E-state index in [1.807, 2.05) is 6.92 Å². The van der Waals surface area contributed by atoms with Crippen molar-refractivity contribution < 1.29 is 14.5 Å². The molecule has 0 saturated carbocycles. The van der Waals surface area contributed by atoms with E-state index in [4.69, 9.17) is 4.74 Å². The number of hydrogen-bond donors (Lipinski definition) is 0. The largest absolute Gasteiger partial charge is 0.479 e. The molecule has 0 bridgehead atoms. The van der Waals surface area contributed by atoms with Crippen LogP contribution in [0.4, 0.5) is 5.69 Å². The van der Waals surface area contributed by atoms with E-state index in [1.165, 1.54) is 24.5 Å². The summed E-state index contributed by atoms with van der Waals surface area (Å²) in [5.74, 6) is 0.660. The average molecular weight is 276 g/mol. The quantitative estimate of drug-likeness (QED) is 0.451. The minimum atomic E-state index is -0.590. The van der Waals surface area contributed by atoms with Crippen molar-refractivity contribution in [2.75, 3.05) is 0 Å². The number of ether oxygens (including phenoxy) is 1. The first-order valence-corrected chi connectivity index (χ1v) is 5.88. The standard InChI is InChI=1S/C12H12N4O4/c1-2-15-12(13-8-14-15)7-20-11-4-3-9(6-17)5-10(11)16(18)19/h3-6,8H,2,7H2,1H3. The second-order valence-electron chi connectivity index (χ2n) is 3.88. The van der Waals surface area contributed by atoms with Crippen LogP contribution in [-0.2, 0) is 13.2 Å². The van der Waals surface area contributed by atoms with Gasteiger partial charge in [-0.2, -0.15) is 5.10 Å². The average Bonchev–Trinajstić information content (AvgIpc) is 2.92. The predicted molar refractivity (Wildman–Crippen MR) is 68.5 cm³/mol. The van der Waals surface area contributed by atoms with Crippen LogP contribution in [0.2, 0.25) is 0 Å². The SMILES string of the molecule is CCn1ncnc1COc1ccc(C=O)cc1[N+](=O)[O-]. The summed E-state index contributed by atoms with van der Waals surface area (Å²) in [6, 6.07) is 4.03. The number of nitro groups is 1. The number of nitro benzene ring substituents is 1. The van der Waals surface area contributed by atoms with Gasteiger partial charge in [-0.25, -0.2) is 9.67 Å². The molecular formula is C12H12N4O4. The van der Waals surface area contributed by atoms with Gasteiger partial charge in [0.05, 0.1) is 4.92 Å². The summed E-state index contributed by atoms with van der Waals surface area (Å²) < 4.78 is 7.03. The van der Waals surface area contributed by atoms with Gasteiger partial charge >= 0.3 is 5.69 Å². The number of hydrogen-bond acceptors (Lipinski definition) is 6. The summed E-state index contributed by atoms with van der Waals surface area (Å²) in [5, 5.41) is 14.9. The number of aromatic nitrogens is 3. The number of carbonyl (C=O) groups is 1. The van der Waals surface area contributed by atoms with Crippen molar-refractivity contribution in [1.29, 1.82) is 0 Å². The van der Waals surface area contributed by atoms with Gasteiger partial charge < -0.3 is 4.74 Å². The molecule has 1 aromatic heterocycles. The molecule has 8 heteroatoms. The Bertz CT molecular complexity index is 638. The molecule has 0 aliphatic heterocycles. The normalized spacial score (nSPS) is 10.2. The molecule has 0 amide bonds. The second-order valence-corrected chi connectivity index (χ2v) is 3.88. The first-order chi connectivity index (χ1) is 9.65. The molecule has 2 aromatic rings.